The molecular formula is C13H19F2NO3. The summed E-state index contributed by atoms with van der Waals surface area (Å²) in [7, 11) is 1.21. The molecule has 1 amide bonds. The third-order valence-electron chi connectivity index (χ3n) is 4.28. The van der Waals surface area contributed by atoms with Crippen LogP contribution in [0.4, 0.5) is 13.6 Å². The summed E-state index contributed by atoms with van der Waals surface area (Å²) in [5, 5.41) is 2.50. The lowest BCUT2D eigenvalue weighted by molar-refractivity contribution is -0.125. The largest absolute Gasteiger partial charge is 0.453 e. The molecule has 0 heterocycles. The predicted molar refractivity (Wildman–Crippen MR) is 63.8 cm³/mol. The molecule has 2 aliphatic rings. The minimum atomic E-state index is -2.56. The van der Waals surface area contributed by atoms with E-state index in [1.54, 1.807) is 13.8 Å². The van der Waals surface area contributed by atoms with Crippen LogP contribution in [0.15, 0.2) is 0 Å². The number of ketones is 1. The predicted octanol–water partition coefficient (Wildman–Crippen LogP) is 2.23. The third kappa shape index (κ3) is 2.44. The Morgan fingerprint density at radius 2 is 1.79 bits per heavy atom. The summed E-state index contributed by atoms with van der Waals surface area (Å²) in [5.41, 5.74) is 0. The monoisotopic (exact) mass is 275 g/mol. The van der Waals surface area contributed by atoms with Crippen LogP contribution in [-0.2, 0) is 9.53 Å². The Morgan fingerprint density at radius 1 is 1.26 bits per heavy atom. The lowest BCUT2D eigenvalue weighted by atomic mass is 9.87. The summed E-state index contributed by atoms with van der Waals surface area (Å²) in [6.07, 6.45) is -0.0957. The Balaban J connectivity index is 2.03. The molecule has 0 spiro atoms. The van der Waals surface area contributed by atoms with Crippen molar-refractivity contribution in [3.8, 4) is 0 Å². The SMILES string of the molecule is COC(=O)NC(C(=O)C(C)C)C1C[C@@H]2[C@H](C1)C2(F)F. The van der Waals surface area contributed by atoms with E-state index in [1.165, 1.54) is 7.11 Å². The number of ether oxygens (including phenoxy) is 1. The lowest BCUT2D eigenvalue weighted by Crippen LogP contribution is -2.47. The normalized spacial score (nSPS) is 32.6. The van der Waals surface area contributed by atoms with Gasteiger partial charge in [0.2, 0.25) is 0 Å². The Morgan fingerprint density at radius 3 is 2.21 bits per heavy atom. The Kier molecular flexibility index (Phi) is 3.53. The highest BCUT2D eigenvalue weighted by Gasteiger charge is 2.72. The molecule has 0 aromatic rings. The zero-order valence-corrected chi connectivity index (χ0v) is 11.3. The fourth-order valence-electron chi connectivity index (χ4n) is 3.09. The maximum atomic E-state index is 13.2. The van der Waals surface area contributed by atoms with E-state index in [4.69, 9.17) is 0 Å². The van der Waals surface area contributed by atoms with Crippen molar-refractivity contribution in [3.63, 3.8) is 0 Å². The van der Waals surface area contributed by atoms with Gasteiger partial charge in [0.05, 0.1) is 13.2 Å². The smallest absolute Gasteiger partial charge is 0.407 e. The van der Waals surface area contributed by atoms with Gasteiger partial charge in [-0.15, -0.1) is 0 Å². The molecule has 2 aliphatic carbocycles. The Hall–Kier alpha value is -1.20. The summed E-state index contributed by atoms with van der Waals surface area (Å²) < 4.78 is 30.8. The number of hydrogen-bond donors (Lipinski definition) is 1. The first-order chi connectivity index (χ1) is 8.78. The number of halogens is 2. The fourth-order valence-corrected chi connectivity index (χ4v) is 3.09. The molecule has 2 rings (SSSR count). The van der Waals surface area contributed by atoms with Crippen molar-refractivity contribution in [2.45, 2.75) is 38.7 Å². The van der Waals surface area contributed by atoms with E-state index in [0.717, 1.165) is 0 Å². The number of methoxy groups -OCH3 is 1. The summed E-state index contributed by atoms with van der Waals surface area (Å²) in [4.78, 5) is 23.4. The maximum Gasteiger partial charge on any atom is 0.407 e. The van der Waals surface area contributed by atoms with Gasteiger partial charge in [-0.25, -0.2) is 13.6 Å². The number of amides is 1. The van der Waals surface area contributed by atoms with Crippen LogP contribution in [0.5, 0.6) is 0 Å². The van der Waals surface area contributed by atoms with Gasteiger partial charge in [0.25, 0.3) is 5.92 Å². The number of nitrogens with one attached hydrogen (secondary N) is 1. The number of hydrogen-bond acceptors (Lipinski definition) is 3. The first-order valence-electron chi connectivity index (χ1n) is 6.55. The minimum Gasteiger partial charge on any atom is -0.453 e. The first kappa shape index (κ1) is 14.2. The van der Waals surface area contributed by atoms with Gasteiger partial charge in [-0.2, -0.15) is 0 Å². The number of carbonyl (C=O) groups excluding carboxylic acids is 2. The van der Waals surface area contributed by atoms with Crippen LogP contribution in [0.3, 0.4) is 0 Å². The highest BCUT2D eigenvalue weighted by atomic mass is 19.3. The van der Waals surface area contributed by atoms with Crippen molar-refractivity contribution in [3.05, 3.63) is 0 Å². The highest BCUT2D eigenvalue weighted by molar-refractivity contribution is 5.89. The van der Waals surface area contributed by atoms with Crippen LogP contribution in [0, 0.1) is 23.7 Å². The van der Waals surface area contributed by atoms with E-state index in [9.17, 15) is 18.4 Å². The van der Waals surface area contributed by atoms with Crippen LogP contribution in [0.2, 0.25) is 0 Å². The van der Waals surface area contributed by atoms with Crippen molar-refractivity contribution in [1.29, 1.82) is 0 Å². The zero-order chi connectivity index (χ0) is 14.4. The van der Waals surface area contributed by atoms with E-state index >= 15 is 0 Å². The molecular weight excluding hydrogens is 256 g/mol. The molecule has 0 aliphatic heterocycles. The van der Waals surface area contributed by atoms with E-state index in [2.05, 4.69) is 10.1 Å². The summed E-state index contributed by atoms with van der Waals surface area (Å²) in [6, 6.07) is -0.712. The standard InChI is InChI=1S/C13H19F2NO3/c1-6(2)11(17)10(16-12(18)19-3)7-4-8-9(5-7)13(8,14)15/h6-10H,4-5H2,1-3H3,(H,16,18)/t7?,8-,9+,10?. The molecule has 1 N–H and O–H groups in total. The van der Waals surface area contributed by atoms with Crippen molar-refractivity contribution in [2.75, 3.05) is 7.11 Å². The van der Waals surface area contributed by atoms with E-state index < -0.39 is 29.9 Å². The summed E-state index contributed by atoms with van der Waals surface area (Å²) >= 11 is 0. The summed E-state index contributed by atoms with van der Waals surface area (Å²) in [5.74, 6) is -4.37. The second-order valence-corrected chi connectivity index (χ2v) is 5.79. The maximum absolute atomic E-state index is 13.2. The van der Waals surface area contributed by atoms with Crippen molar-refractivity contribution < 1.29 is 23.1 Å². The van der Waals surface area contributed by atoms with Gasteiger partial charge in [0.15, 0.2) is 5.78 Å². The van der Waals surface area contributed by atoms with Crippen LogP contribution in [0.25, 0.3) is 0 Å². The van der Waals surface area contributed by atoms with Gasteiger partial charge in [-0.3, -0.25) is 4.79 Å². The van der Waals surface area contributed by atoms with E-state index in [1.807, 2.05) is 0 Å². The van der Waals surface area contributed by atoms with Crippen LogP contribution < -0.4 is 5.32 Å². The Bertz CT molecular complexity index is 383. The fraction of sp³-hybridized carbons (Fsp3) is 0.846. The van der Waals surface area contributed by atoms with Gasteiger partial charge < -0.3 is 10.1 Å². The molecule has 2 unspecified atom stereocenters. The molecule has 19 heavy (non-hydrogen) atoms. The number of carbonyl (C=O) groups is 2. The topological polar surface area (TPSA) is 55.4 Å². The second-order valence-electron chi connectivity index (χ2n) is 5.79. The minimum absolute atomic E-state index is 0.125. The van der Waals surface area contributed by atoms with E-state index in [-0.39, 0.29) is 17.6 Å². The molecule has 0 bridgehead atoms. The molecule has 0 aromatic heterocycles. The highest BCUT2D eigenvalue weighted by Crippen LogP contribution is 2.66. The van der Waals surface area contributed by atoms with Crippen molar-refractivity contribution in [1.82, 2.24) is 5.32 Å². The second kappa shape index (κ2) is 4.72. The average molecular weight is 275 g/mol. The number of alkyl halides is 2. The number of alkyl carbamates (subject to hydrolysis) is 1. The first-order valence-corrected chi connectivity index (χ1v) is 6.55. The number of rotatable bonds is 4. The average Bonchev–Trinajstić information content (AvgIpc) is 2.74. The molecule has 108 valence electrons. The van der Waals surface area contributed by atoms with Crippen LogP contribution in [0.1, 0.15) is 26.7 Å². The van der Waals surface area contributed by atoms with Crippen LogP contribution in [-0.4, -0.2) is 31.0 Å². The van der Waals surface area contributed by atoms with Gasteiger partial charge in [0.1, 0.15) is 0 Å². The summed E-state index contributed by atoms with van der Waals surface area (Å²) in [6.45, 7) is 3.47. The third-order valence-corrected chi connectivity index (χ3v) is 4.28. The quantitative estimate of drug-likeness (QED) is 0.856. The zero-order valence-electron chi connectivity index (χ0n) is 11.3. The molecule has 0 aromatic carbocycles. The van der Waals surface area contributed by atoms with Crippen molar-refractivity contribution in [2.24, 2.45) is 23.7 Å². The number of Topliss-reactive ketones (excluding diaryl/α,β-unsaturated/α-hetero) is 1. The molecule has 6 heteroatoms. The lowest BCUT2D eigenvalue weighted by Gasteiger charge is -2.26. The van der Waals surface area contributed by atoms with Crippen molar-refractivity contribution >= 4 is 11.9 Å². The molecule has 4 atom stereocenters. The van der Waals surface area contributed by atoms with Gasteiger partial charge in [0, 0.05) is 17.8 Å². The molecule has 0 saturated heterocycles. The molecule has 2 saturated carbocycles. The Labute approximate surface area is 110 Å². The molecule has 2 fully saturated rings. The van der Waals surface area contributed by atoms with Gasteiger partial charge >= 0.3 is 6.09 Å². The van der Waals surface area contributed by atoms with Crippen LogP contribution >= 0.6 is 0 Å². The number of fused-ring (bicyclic) bond motifs is 1. The molecule has 0 radical (unpaired) electrons. The van der Waals surface area contributed by atoms with Gasteiger partial charge in [-0.05, 0) is 18.8 Å². The van der Waals surface area contributed by atoms with Gasteiger partial charge in [-0.1, -0.05) is 13.8 Å². The molecule has 4 nitrogen and oxygen atoms in total. The van der Waals surface area contributed by atoms with E-state index in [0.29, 0.717) is 12.8 Å².